The summed E-state index contributed by atoms with van der Waals surface area (Å²) in [5, 5.41) is 3.56. The van der Waals surface area contributed by atoms with Crippen molar-refractivity contribution in [3.8, 4) is 0 Å². The van der Waals surface area contributed by atoms with Gasteiger partial charge in [0.15, 0.2) is 9.84 Å². The van der Waals surface area contributed by atoms with Gasteiger partial charge in [-0.1, -0.05) is 23.7 Å². The number of nitrogens with one attached hydrogen (secondary N) is 1. The Morgan fingerprint density at radius 2 is 2.04 bits per heavy atom. The first-order valence-electron chi connectivity index (χ1n) is 8.98. The fraction of sp³-hybridized carbons (Fsp3) is 0.611. The monoisotopic (exact) mass is 400 g/mol. The maximum Gasteiger partial charge on any atom is 0.234 e. The number of nitrogens with zero attached hydrogens (tertiary/aromatic N) is 1. The van der Waals surface area contributed by atoms with Gasteiger partial charge >= 0.3 is 0 Å². The van der Waals surface area contributed by atoms with E-state index in [-0.39, 0.29) is 36.1 Å². The molecule has 2 heterocycles. The van der Waals surface area contributed by atoms with Crippen molar-refractivity contribution >= 4 is 27.3 Å². The predicted octanol–water partition coefficient (Wildman–Crippen LogP) is 1.62. The third-order valence-electron chi connectivity index (χ3n) is 4.94. The van der Waals surface area contributed by atoms with Gasteiger partial charge in [0, 0.05) is 30.8 Å². The molecule has 0 radical (unpaired) electrons. The van der Waals surface area contributed by atoms with Crippen molar-refractivity contribution in [3.63, 3.8) is 0 Å². The second-order valence-electron chi connectivity index (χ2n) is 7.02. The van der Waals surface area contributed by atoms with Crippen LogP contribution in [0, 0.1) is 0 Å². The first-order chi connectivity index (χ1) is 12.4. The van der Waals surface area contributed by atoms with Crippen LogP contribution in [-0.2, 0) is 25.9 Å². The number of carbonyl (C=O) groups excluding carboxylic acids is 1. The second kappa shape index (κ2) is 8.69. The van der Waals surface area contributed by atoms with Crippen LogP contribution in [0.5, 0.6) is 0 Å². The minimum atomic E-state index is -3.00. The Morgan fingerprint density at radius 1 is 1.27 bits per heavy atom. The summed E-state index contributed by atoms with van der Waals surface area (Å²) in [6.07, 6.45) is 2.65. The van der Waals surface area contributed by atoms with E-state index in [1.807, 2.05) is 17.0 Å². The highest BCUT2D eigenvalue weighted by Gasteiger charge is 2.34. The average Bonchev–Trinajstić information content (AvgIpc) is 3.23. The molecule has 0 bridgehead atoms. The molecule has 2 aliphatic heterocycles. The van der Waals surface area contributed by atoms with Gasteiger partial charge in [-0.2, -0.15) is 0 Å². The molecule has 26 heavy (non-hydrogen) atoms. The number of carbonyl (C=O) groups is 1. The normalized spacial score (nSPS) is 24.8. The van der Waals surface area contributed by atoms with E-state index in [2.05, 4.69) is 5.32 Å². The molecule has 0 aliphatic carbocycles. The van der Waals surface area contributed by atoms with Gasteiger partial charge in [-0.15, -0.1) is 0 Å². The number of hydrogen-bond donors (Lipinski definition) is 1. The summed E-state index contributed by atoms with van der Waals surface area (Å²) >= 11 is 5.86. The van der Waals surface area contributed by atoms with E-state index in [4.69, 9.17) is 16.3 Å². The maximum atomic E-state index is 12.4. The average molecular weight is 401 g/mol. The van der Waals surface area contributed by atoms with Crippen LogP contribution in [0.25, 0.3) is 0 Å². The Labute approximate surface area is 159 Å². The summed E-state index contributed by atoms with van der Waals surface area (Å²) in [5.41, 5.74) is 0.969. The van der Waals surface area contributed by atoms with Crippen molar-refractivity contribution in [1.29, 1.82) is 0 Å². The first-order valence-corrected chi connectivity index (χ1v) is 11.2. The molecule has 0 spiro atoms. The fourth-order valence-electron chi connectivity index (χ4n) is 3.50. The molecule has 0 aromatic heterocycles. The summed E-state index contributed by atoms with van der Waals surface area (Å²) in [4.78, 5) is 14.4. The third-order valence-corrected chi connectivity index (χ3v) is 6.94. The zero-order chi connectivity index (χ0) is 18.6. The zero-order valence-corrected chi connectivity index (χ0v) is 16.3. The van der Waals surface area contributed by atoms with Crippen molar-refractivity contribution in [2.24, 2.45) is 0 Å². The molecule has 2 aliphatic rings. The van der Waals surface area contributed by atoms with Gasteiger partial charge in [0.05, 0.1) is 24.2 Å². The Hall–Kier alpha value is -1.15. The first kappa shape index (κ1) is 19.6. The van der Waals surface area contributed by atoms with Crippen LogP contribution in [0.3, 0.4) is 0 Å². The number of rotatable bonds is 7. The number of sulfone groups is 1. The zero-order valence-electron chi connectivity index (χ0n) is 14.7. The van der Waals surface area contributed by atoms with Gasteiger partial charge in [0.2, 0.25) is 5.91 Å². The third kappa shape index (κ3) is 5.67. The standard InChI is InChI=1S/C18H25ClN2O4S/c19-15-5-3-14(4-6-15)10-20-18(22)12-21(11-17-2-1-8-25-17)16-7-9-26(23,24)13-16/h3-6,16-17H,1-2,7-13H2,(H,20,22). The lowest BCUT2D eigenvalue weighted by Gasteiger charge is -2.29. The molecule has 1 aromatic carbocycles. The van der Waals surface area contributed by atoms with E-state index in [1.165, 1.54) is 0 Å². The quantitative estimate of drug-likeness (QED) is 0.752. The Balaban J connectivity index is 1.56. The van der Waals surface area contributed by atoms with E-state index < -0.39 is 9.84 Å². The molecule has 2 saturated heterocycles. The van der Waals surface area contributed by atoms with Crippen molar-refractivity contribution in [3.05, 3.63) is 34.9 Å². The molecule has 2 unspecified atom stereocenters. The molecular formula is C18H25ClN2O4S. The fourth-order valence-corrected chi connectivity index (χ4v) is 5.39. The molecule has 1 N–H and O–H groups in total. The van der Waals surface area contributed by atoms with Crippen molar-refractivity contribution in [1.82, 2.24) is 10.2 Å². The molecular weight excluding hydrogens is 376 g/mol. The van der Waals surface area contributed by atoms with Gasteiger partial charge in [-0.3, -0.25) is 9.69 Å². The lowest BCUT2D eigenvalue weighted by Crippen LogP contribution is -2.46. The lowest BCUT2D eigenvalue weighted by atomic mass is 10.1. The number of halogens is 1. The van der Waals surface area contributed by atoms with Gasteiger partial charge in [-0.25, -0.2) is 8.42 Å². The molecule has 1 aromatic rings. The Bertz CT molecular complexity index is 717. The number of ether oxygens (including phenoxy) is 1. The van der Waals surface area contributed by atoms with Gasteiger partial charge in [0.25, 0.3) is 0 Å². The summed E-state index contributed by atoms with van der Waals surface area (Å²) in [7, 11) is -3.00. The molecule has 144 valence electrons. The minimum absolute atomic E-state index is 0.0855. The SMILES string of the molecule is O=C(CN(CC1CCCO1)C1CCS(=O)(=O)C1)NCc1ccc(Cl)cc1. The molecule has 3 rings (SSSR count). The predicted molar refractivity (Wildman–Crippen MR) is 101 cm³/mol. The number of amides is 1. The van der Waals surface area contributed by atoms with Crippen LogP contribution in [0.15, 0.2) is 24.3 Å². The highest BCUT2D eigenvalue weighted by molar-refractivity contribution is 7.91. The van der Waals surface area contributed by atoms with Gasteiger partial charge in [-0.05, 0) is 37.0 Å². The Morgan fingerprint density at radius 3 is 2.65 bits per heavy atom. The van der Waals surface area contributed by atoms with Crippen LogP contribution < -0.4 is 5.32 Å². The van der Waals surface area contributed by atoms with Gasteiger partial charge in [0.1, 0.15) is 0 Å². The van der Waals surface area contributed by atoms with E-state index in [9.17, 15) is 13.2 Å². The number of hydrogen-bond acceptors (Lipinski definition) is 5. The Kier molecular flexibility index (Phi) is 6.55. The molecule has 1 amide bonds. The molecule has 6 nitrogen and oxygen atoms in total. The summed E-state index contributed by atoms with van der Waals surface area (Å²) in [6.45, 7) is 1.96. The summed E-state index contributed by atoms with van der Waals surface area (Å²) in [5.74, 6) is 0.221. The van der Waals surface area contributed by atoms with E-state index in [0.29, 0.717) is 24.5 Å². The smallest absolute Gasteiger partial charge is 0.234 e. The minimum Gasteiger partial charge on any atom is -0.377 e. The molecule has 2 fully saturated rings. The highest BCUT2D eigenvalue weighted by atomic mass is 35.5. The lowest BCUT2D eigenvalue weighted by molar-refractivity contribution is -0.123. The van der Waals surface area contributed by atoms with Crippen molar-refractivity contribution in [2.45, 2.75) is 38.0 Å². The topological polar surface area (TPSA) is 75.7 Å². The largest absolute Gasteiger partial charge is 0.377 e. The maximum absolute atomic E-state index is 12.4. The highest BCUT2D eigenvalue weighted by Crippen LogP contribution is 2.21. The van der Waals surface area contributed by atoms with Crippen LogP contribution in [0.4, 0.5) is 0 Å². The van der Waals surface area contributed by atoms with Crippen LogP contribution >= 0.6 is 11.6 Å². The molecule has 0 saturated carbocycles. The van der Waals surface area contributed by atoms with Crippen LogP contribution in [-0.4, -0.2) is 62.6 Å². The second-order valence-corrected chi connectivity index (χ2v) is 9.69. The van der Waals surface area contributed by atoms with Crippen LogP contribution in [0.2, 0.25) is 5.02 Å². The van der Waals surface area contributed by atoms with Crippen molar-refractivity contribution in [2.75, 3.05) is 31.2 Å². The summed E-state index contributed by atoms with van der Waals surface area (Å²) in [6, 6.07) is 7.21. The van der Waals surface area contributed by atoms with Gasteiger partial charge < -0.3 is 10.1 Å². The molecule has 2 atom stereocenters. The van der Waals surface area contributed by atoms with E-state index in [0.717, 1.165) is 25.0 Å². The van der Waals surface area contributed by atoms with E-state index >= 15 is 0 Å². The summed E-state index contributed by atoms with van der Waals surface area (Å²) < 4.78 is 29.4. The number of benzene rings is 1. The van der Waals surface area contributed by atoms with E-state index in [1.54, 1.807) is 12.1 Å². The molecule has 8 heteroatoms. The van der Waals surface area contributed by atoms with Crippen LogP contribution in [0.1, 0.15) is 24.8 Å². The van der Waals surface area contributed by atoms with Crippen molar-refractivity contribution < 1.29 is 17.9 Å².